The summed E-state index contributed by atoms with van der Waals surface area (Å²) in [6, 6.07) is 8.55. The Labute approximate surface area is 418 Å². The van der Waals surface area contributed by atoms with E-state index in [0.717, 1.165) is 0 Å². The number of aromatic nitrogens is 4. The molecular formula is C40H44CaN14O14. The molecule has 0 bridgehead atoms. The van der Waals surface area contributed by atoms with Gasteiger partial charge in [-0.1, -0.05) is 0 Å². The number of nitrogens with two attached hydrogens (primary N) is 2. The van der Waals surface area contributed by atoms with E-state index in [2.05, 4.69) is 51.8 Å². The van der Waals surface area contributed by atoms with E-state index in [0.29, 0.717) is 37.3 Å². The van der Waals surface area contributed by atoms with Crippen molar-refractivity contribution in [2.75, 3.05) is 68.7 Å². The number of rotatable bonds is 20. The van der Waals surface area contributed by atoms with Crippen LogP contribution in [0.5, 0.6) is 0 Å². The van der Waals surface area contributed by atoms with Crippen molar-refractivity contribution < 1.29 is 58.8 Å². The smallest absolute Gasteiger partial charge is 0.550 e. The van der Waals surface area contributed by atoms with Gasteiger partial charge in [-0.2, -0.15) is 9.97 Å². The van der Waals surface area contributed by atoms with E-state index in [1.807, 2.05) is 0 Å². The Balaban J connectivity index is 0.000000296. The third-order valence-electron chi connectivity index (χ3n) is 10.2. The molecular weight excluding hydrogens is 941 g/mol. The van der Waals surface area contributed by atoms with Crippen LogP contribution < -0.4 is 74.5 Å². The van der Waals surface area contributed by atoms with Crippen LogP contribution in [0.2, 0.25) is 0 Å². The summed E-state index contributed by atoms with van der Waals surface area (Å²) in [5, 5.41) is 56.1. The standard InChI is InChI=1S/2C20H23N7O7.Ca/c2*21-20-25-16-15(18(32)26-20)27(9-28)12(8-23-16)7-22-11-3-1-10(2-4-11)17(31)24-13(19(33)34)5-6-14(29)30;/h2*1-4,9,12-13,22H,5-8H2,(H,24,31)(H,29,30)(H,33,34)(H4,21,23,25,26,32);/q;;+2/p-2/t2*12-,13-;/m00./s1. The Kier molecular flexibility index (Phi) is 19.2. The average molecular weight is 985 g/mol. The van der Waals surface area contributed by atoms with E-state index >= 15 is 0 Å². The number of H-pyrrole nitrogens is 2. The molecule has 28 nitrogen and oxygen atoms in total. The summed E-state index contributed by atoms with van der Waals surface area (Å²) in [6.45, 7) is 1.12. The Morgan fingerprint density at radius 3 is 1.32 bits per heavy atom. The average Bonchev–Trinajstić information content (AvgIpc) is 3.29. The molecule has 4 amide bonds. The van der Waals surface area contributed by atoms with Gasteiger partial charge in [0.2, 0.25) is 24.7 Å². The van der Waals surface area contributed by atoms with Crippen molar-refractivity contribution in [2.24, 2.45) is 0 Å². The molecule has 0 radical (unpaired) electrons. The third kappa shape index (κ3) is 14.5. The van der Waals surface area contributed by atoms with Crippen LogP contribution in [0.3, 0.4) is 0 Å². The number of carboxylic acid groups (broad SMARTS) is 4. The predicted octanol–water partition coefficient (Wildman–Crippen LogP) is -4.51. The zero-order chi connectivity index (χ0) is 49.7. The van der Waals surface area contributed by atoms with E-state index in [-0.39, 0.29) is 110 Å². The number of hydrogen-bond donors (Lipinski definition) is 12. The number of carbonyl (C=O) groups is 8. The molecule has 14 N–H and O–H groups in total. The maximum absolute atomic E-state index is 12.3. The summed E-state index contributed by atoms with van der Waals surface area (Å²) in [5.41, 5.74) is 11.6. The predicted molar refractivity (Wildman–Crippen MR) is 242 cm³/mol. The first-order valence-electron chi connectivity index (χ1n) is 20.3. The van der Waals surface area contributed by atoms with E-state index in [4.69, 9.17) is 21.7 Å². The van der Waals surface area contributed by atoms with Gasteiger partial charge in [-0.25, -0.2) is 9.59 Å². The minimum Gasteiger partial charge on any atom is -0.550 e. The van der Waals surface area contributed by atoms with Crippen molar-refractivity contribution in [1.29, 1.82) is 0 Å². The molecule has 2 aromatic heterocycles. The molecule has 0 spiro atoms. The molecule has 2 aliphatic heterocycles. The largest absolute Gasteiger partial charge is 2.00 e. The normalized spacial score (nSPS) is 15.2. The Bertz CT molecular complexity index is 2490. The van der Waals surface area contributed by atoms with Gasteiger partial charge < -0.3 is 83.2 Å². The van der Waals surface area contributed by atoms with Crippen LogP contribution >= 0.6 is 0 Å². The van der Waals surface area contributed by atoms with Gasteiger partial charge >= 0.3 is 49.7 Å². The van der Waals surface area contributed by atoms with Crippen molar-refractivity contribution in [3.05, 3.63) is 80.4 Å². The summed E-state index contributed by atoms with van der Waals surface area (Å²) >= 11 is 0. The molecule has 2 aromatic carbocycles. The first-order chi connectivity index (χ1) is 32.4. The zero-order valence-electron chi connectivity index (χ0n) is 36.2. The molecule has 4 aromatic rings. The molecule has 0 saturated heterocycles. The second-order valence-corrected chi connectivity index (χ2v) is 14.9. The topological polar surface area (TPSA) is 445 Å². The van der Waals surface area contributed by atoms with Gasteiger partial charge in [0.25, 0.3) is 22.9 Å². The molecule has 360 valence electrons. The summed E-state index contributed by atoms with van der Waals surface area (Å²) < 4.78 is 0. The molecule has 0 fully saturated rings. The van der Waals surface area contributed by atoms with Gasteiger partial charge in [0.05, 0.1) is 12.1 Å². The monoisotopic (exact) mass is 984 g/mol. The fraction of sp³-hybridized carbons (Fsp3) is 0.300. The summed E-state index contributed by atoms with van der Waals surface area (Å²) in [7, 11) is 0. The first-order valence-corrected chi connectivity index (χ1v) is 20.3. The van der Waals surface area contributed by atoms with E-state index in [1.54, 1.807) is 24.3 Å². The summed E-state index contributed by atoms with van der Waals surface area (Å²) in [5.74, 6) is -6.62. The Hall–Kier alpha value is -7.98. The maximum atomic E-state index is 12.3. The van der Waals surface area contributed by atoms with Crippen LogP contribution in [-0.2, 0) is 28.8 Å². The molecule has 0 aliphatic carbocycles. The van der Waals surface area contributed by atoms with Crippen molar-refractivity contribution in [1.82, 2.24) is 30.6 Å². The number of hydrogen-bond acceptors (Lipinski definition) is 20. The molecule has 29 heteroatoms. The van der Waals surface area contributed by atoms with Crippen LogP contribution in [0.15, 0.2) is 58.1 Å². The molecule has 2 aliphatic rings. The molecule has 69 heavy (non-hydrogen) atoms. The quantitative estimate of drug-likeness (QED) is 0.0293. The second kappa shape index (κ2) is 24.7. The number of nitrogens with one attached hydrogen (secondary N) is 8. The van der Waals surface area contributed by atoms with Crippen molar-refractivity contribution in [3.8, 4) is 0 Å². The summed E-state index contributed by atoms with van der Waals surface area (Å²) in [4.78, 5) is 131. The molecule has 4 heterocycles. The minimum atomic E-state index is -1.41. The van der Waals surface area contributed by atoms with Crippen molar-refractivity contribution >= 4 is 133 Å². The minimum absolute atomic E-state index is 0. The van der Waals surface area contributed by atoms with E-state index in [9.17, 15) is 58.2 Å². The number of carboxylic acids is 4. The van der Waals surface area contributed by atoms with Gasteiger partial charge in [0.1, 0.15) is 12.1 Å². The maximum Gasteiger partial charge on any atom is 2.00 e. The SMILES string of the molecule is Nc1nc2c(c(=O)[nH]1)N(C=O)[C@@H](CNc1ccc(C(=O)N[C@@H](CCC(=O)[O-])C(=O)O)cc1)CN2.Nc1nc2c(c(=O)[nH]1)N(C=O)[C@@H](CNc1ccc(C(=O)N[C@@H](CCC(=O)[O-])C(=O)O)cc1)CN2.[Ca+2]. The second-order valence-electron chi connectivity index (χ2n) is 14.9. The van der Waals surface area contributed by atoms with E-state index < -0.39 is 83.8 Å². The molecule has 4 atom stereocenters. The van der Waals surface area contributed by atoms with Gasteiger partial charge in [0.15, 0.2) is 23.0 Å². The van der Waals surface area contributed by atoms with Gasteiger partial charge in [-0.15, -0.1) is 0 Å². The fourth-order valence-corrected chi connectivity index (χ4v) is 6.78. The number of fused-ring (bicyclic) bond motifs is 2. The van der Waals surface area contributed by atoms with Crippen molar-refractivity contribution in [3.63, 3.8) is 0 Å². The number of carbonyl (C=O) groups excluding carboxylic acids is 6. The fourth-order valence-electron chi connectivity index (χ4n) is 6.78. The Morgan fingerprint density at radius 1 is 0.667 bits per heavy atom. The van der Waals surface area contributed by atoms with Gasteiger partial charge in [0, 0.05) is 60.6 Å². The molecule has 6 rings (SSSR count). The van der Waals surface area contributed by atoms with E-state index in [1.165, 1.54) is 34.1 Å². The van der Waals surface area contributed by atoms with Crippen LogP contribution in [0.4, 0.5) is 46.3 Å². The first kappa shape index (κ1) is 53.6. The van der Waals surface area contributed by atoms with Crippen molar-refractivity contribution in [2.45, 2.75) is 49.9 Å². The number of benzene rings is 2. The van der Waals surface area contributed by atoms with Gasteiger partial charge in [-0.05, 0) is 74.2 Å². The third-order valence-corrected chi connectivity index (χ3v) is 10.2. The number of aromatic amines is 2. The zero-order valence-corrected chi connectivity index (χ0v) is 38.4. The van der Waals surface area contributed by atoms with Crippen LogP contribution in [0.1, 0.15) is 46.4 Å². The molecule has 0 unspecified atom stereocenters. The summed E-state index contributed by atoms with van der Waals surface area (Å²) in [6.07, 6.45) is -0.557. The Morgan fingerprint density at radius 2 is 1.01 bits per heavy atom. The van der Waals surface area contributed by atoms with Crippen LogP contribution in [0, 0.1) is 0 Å². The molecule has 0 saturated carbocycles. The number of amides is 4. The van der Waals surface area contributed by atoms with Crippen LogP contribution in [-0.4, -0.2) is 167 Å². The van der Waals surface area contributed by atoms with Crippen LogP contribution in [0.25, 0.3) is 0 Å². The number of nitrogens with zero attached hydrogens (tertiary/aromatic N) is 4. The number of anilines is 8. The number of aliphatic carboxylic acids is 4. The van der Waals surface area contributed by atoms with Gasteiger partial charge in [-0.3, -0.25) is 38.7 Å². The number of nitrogen functional groups attached to an aromatic ring is 2.